The molecule has 1 aromatic heterocycles. The largest absolute Gasteiger partial charge is 0.481 e. The van der Waals surface area contributed by atoms with E-state index in [1.165, 1.54) is 12.4 Å². The maximum Gasteiger partial charge on any atom is 0.314 e. The fourth-order valence-corrected chi connectivity index (χ4v) is 2.01. The predicted octanol–water partition coefficient (Wildman–Crippen LogP) is 3.30. The van der Waals surface area contributed by atoms with Gasteiger partial charge in [0, 0.05) is 16.9 Å². The van der Waals surface area contributed by atoms with Crippen molar-refractivity contribution in [3.63, 3.8) is 0 Å². The van der Waals surface area contributed by atoms with Gasteiger partial charge in [0.2, 0.25) is 0 Å². The molecule has 6 heteroatoms. The van der Waals surface area contributed by atoms with Crippen molar-refractivity contribution in [3.05, 3.63) is 57.5 Å². The summed E-state index contributed by atoms with van der Waals surface area (Å²) in [6.45, 7) is 0. The maximum absolute atomic E-state index is 11.3. The Hall–Kier alpha value is -1.46. The average Bonchev–Trinajstić information content (AvgIpc) is 2.39. The van der Waals surface area contributed by atoms with Crippen molar-refractivity contribution in [2.45, 2.75) is 12.3 Å². The molecule has 98 valence electrons. The summed E-state index contributed by atoms with van der Waals surface area (Å²) in [6.07, 6.45) is 3.15. The van der Waals surface area contributed by atoms with E-state index in [2.05, 4.69) is 25.9 Å². The second-order valence-corrected chi connectivity index (χ2v) is 5.33. The third kappa shape index (κ3) is 3.75. The van der Waals surface area contributed by atoms with Crippen molar-refractivity contribution >= 4 is 33.5 Å². The molecule has 1 aromatic carbocycles. The molecule has 1 atom stereocenters. The molecular formula is C13H10BrClN2O2. The normalized spacial score (nSPS) is 12.1. The van der Waals surface area contributed by atoms with E-state index in [9.17, 15) is 9.90 Å². The van der Waals surface area contributed by atoms with Crippen molar-refractivity contribution in [2.24, 2.45) is 0 Å². The van der Waals surface area contributed by atoms with Crippen LogP contribution < -0.4 is 0 Å². The zero-order valence-corrected chi connectivity index (χ0v) is 12.1. The van der Waals surface area contributed by atoms with Crippen molar-refractivity contribution in [1.82, 2.24) is 9.97 Å². The molecule has 1 heterocycles. The number of aromatic nitrogens is 2. The minimum Gasteiger partial charge on any atom is -0.481 e. The van der Waals surface area contributed by atoms with Gasteiger partial charge in [0.1, 0.15) is 11.7 Å². The number of rotatable bonds is 4. The first-order valence-corrected chi connectivity index (χ1v) is 6.68. The van der Waals surface area contributed by atoms with Crippen LogP contribution in [0.25, 0.3) is 0 Å². The van der Waals surface area contributed by atoms with Gasteiger partial charge in [-0.2, -0.15) is 0 Å². The zero-order valence-electron chi connectivity index (χ0n) is 9.75. The Balaban J connectivity index is 2.23. The predicted molar refractivity (Wildman–Crippen MR) is 75.3 cm³/mol. The first-order valence-electron chi connectivity index (χ1n) is 5.51. The molecule has 19 heavy (non-hydrogen) atoms. The third-order valence-electron chi connectivity index (χ3n) is 2.60. The molecule has 0 radical (unpaired) electrons. The van der Waals surface area contributed by atoms with E-state index in [1.807, 2.05) is 24.3 Å². The SMILES string of the molecule is O=C(O)C(Cc1ccc(Br)cc1)c1ncc(Cl)cn1. The lowest BCUT2D eigenvalue weighted by atomic mass is 9.99. The van der Waals surface area contributed by atoms with Crippen LogP contribution in [0.1, 0.15) is 17.3 Å². The monoisotopic (exact) mass is 340 g/mol. The summed E-state index contributed by atoms with van der Waals surface area (Å²) < 4.78 is 0.950. The number of halogens is 2. The number of carboxylic acid groups (broad SMARTS) is 1. The van der Waals surface area contributed by atoms with Crippen molar-refractivity contribution < 1.29 is 9.90 Å². The molecule has 0 aliphatic heterocycles. The van der Waals surface area contributed by atoms with E-state index in [1.54, 1.807) is 0 Å². The Labute approximate surface area is 123 Å². The lowest BCUT2D eigenvalue weighted by Crippen LogP contribution is -2.17. The van der Waals surface area contributed by atoms with Crippen molar-refractivity contribution in [2.75, 3.05) is 0 Å². The first kappa shape index (κ1) is 14.0. The highest BCUT2D eigenvalue weighted by Gasteiger charge is 2.23. The highest BCUT2D eigenvalue weighted by atomic mass is 79.9. The molecule has 0 saturated carbocycles. The van der Waals surface area contributed by atoms with Crippen LogP contribution in [0.5, 0.6) is 0 Å². The second-order valence-electron chi connectivity index (χ2n) is 3.98. The van der Waals surface area contributed by atoms with Crippen LogP contribution in [0.4, 0.5) is 0 Å². The molecule has 0 amide bonds. The molecule has 0 aliphatic carbocycles. The number of aliphatic carboxylic acids is 1. The average molecular weight is 342 g/mol. The van der Waals surface area contributed by atoms with Crippen LogP contribution in [0, 0.1) is 0 Å². The van der Waals surface area contributed by atoms with Gasteiger partial charge in [-0.3, -0.25) is 4.79 Å². The van der Waals surface area contributed by atoms with Gasteiger partial charge in [0.25, 0.3) is 0 Å². The molecule has 0 aliphatic rings. The molecule has 2 aromatic rings. The van der Waals surface area contributed by atoms with Crippen molar-refractivity contribution in [3.8, 4) is 0 Å². The number of nitrogens with zero attached hydrogens (tertiary/aromatic N) is 2. The van der Waals surface area contributed by atoms with Gasteiger partial charge in [-0.1, -0.05) is 39.7 Å². The lowest BCUT2D eigenvalue weighted by Gasteiger charge is -2.11. The van der Waals surface area contributed by atoms with Crippen LogP contribution in [0.2, 0.25) is 5.02 Å². The van der Waals surface area contributed by atoms with Crippen LogP contribution in [-0.2, 0) is 11.2 Å². The minimum atomic E-state index is -0.953. The topological polar surface area (TPSA) is 63.1 Å². The minimum absolute atomic E-state index is 0.264. The molecule has 1 N–H and O–H groups in total. The number of benzene rings is 1. The molecule has 4 nitrogen and oxygen atoms in total. The Kier molecular flexibility index (Phi) is 4.50. The molecule has 0 saturated heterocycles. The van der Waals surface area contributed by atoms with Crippen LogP contribution >= 0.6 is 27.5 Å². The van der Waals surface area contributed by atoms with Gasteiger partial charge < -0.3 is 5.11 Å². The lowest BCUT2D eigenvalue weighted by molar-refractivity contribution is -0.139. The smallest absolute Gasteiger partial charge is 0.314 e. The van der Waals surface area contributed by atoms with Gasteiger partial charge in [0.05, 0.1) is 5.02 Å². The number of hydrogen-bond acceptors (Lipinski definition) is 3. The van der Waals surface area contributed by atoms with Crippen LogP contribution in [-0.4, -0.2) is 21.0 Å². The molecule has 1 unspecified atom stereocenters. The van der Waals surface area contributed by atoms with E-state index in [4.69, 9.17) is 11.6 Å². The summed E-state index contributed by atoms with van der Waals surface area (Å²) >= 11 is 9.03. The first-order chi connectivity index (χ1) is 9.06. The Morgan fingerprint density at radius 3 is 2.37 bits per heavy atom. The fourth-order valence-electron chi connectivity index (χ4n) is 1.65. The quantitative estimate of drug-likeness (QED) is 0.927. The highest BCUT2D eigenvalue weighted by Crippen LogP contribution is 2.20. The maximum atomic E-state index is 11.3. The van der Waals surface area contributed by atoms with Crippen LogP contribution in [0.15, 0.2) is 41.1 Å². The Morgan fingerprint density at radius 2 is 1.84 bits per heavy atom. The Bertz CT molecular complexity index is 572. The fraction of sp³-hybridized carbons (Fsp3) is 0.154. The summed E-state index contributed by atoms with van der Waals surface area (Å²) in [5, 5.41) is 9.68. The van der Waals surface area contributed by atoms with Gasteiger partial charge in [-0.15, -0.1) is 0 Å². The van der Waals surface area contributed by atoms with Gasteiger partial charge >= 0.3 is 5.97 Å². The van der Waals surface area contributed by atoms with E-state index in [0.29, 0.717) is 11.4 Å². The standard InChI is InChI=1S/C13H10BrClN2O2/c14-9-3-1-8(2-4-9)5-11(13(18)19)12-16-6-10(15)7-17-12/h1-4,6-7,11H,5H2,(H,18,19). The third-order valence-corrected chi connectivity index (χ3v) is 3.33. The second kappa shape index (κ2) is 6.12. The van der Waals surface area contributed by atoms with E-state index in [0.717, 1.165) is 10.0 Å². The van der Waals surface area contributed by atoms with Crippen molar-refractivity contribution in [1.29, 1.82) is 0 Å². The summed E-state index contributed by atoms with van der Waals surface area (Å²) in [6, 6.07) is 7.49. The molecule has 0 bridgehead atoms. The van der Waals surface area contributed by atoms with Crippen LogP contribution in [0.3, 0.4) is 0 Å². The van der Waals surface area contributed by atoms with Gasteiger partial charge in [-0.25, -0.2) is 9.97 Å². The van der Waals surface area contributed by atoms with E-state index < -0.39 is 11.9 Å². The number of carbonyl (C=O) groups is 1. The summed E-state index contributed by atoms with van der Waals surface area (Å²) in [7, 11) is 0. The highest BCUT2D eigenvalue weighted by molar-refractivity contribution is 9.10. The zero-order chi connectivity index (χ0) is 13.8. The summed E-state index contributed by atoms with van der Waals surface area (Å²) in [5.41, 5.74) is 0.911. The number of hydrogen-bond donors (Lipinski definition) is 1. The number of carboxylic acids is 1. The van der Waals surface area contributed by atoms with E-state index in [-0.39, 0.29) is 5.82 Å². The molecular weight excluding hydrogens is 332 g/mol. The molecule has 2 rings (SSSR count). The summed E-state index contributed by atoms with van der Waals surface area (Å²) in [5.74, 6) is -1.47. The Morgan fingerprint density at radius 1 is 1.26 bits per heavy atom. The van der Waals surface area contributed by atoms with E-state index >= 15 is 0 Å². The summed E-state index contributed by atoms with van der Waals surface area (Å²) in [4.78, 5) is 19.3. The van der Waals surface area contributed by atoms with Gasteiger partial charge in [-0.05, 0) is 24.1 Å². The molecule has 0 fully saturated rings. The molecule has 0 spiro atoms. The van der Waals surface area contributed by atoms with Gasteiger partial charge in [0.15, 0.2) is 0 Å².